The standard InChI is InChI=1S/C13H17BrN4O/c14-10-7-9(8-17-13-12(16)18-13)3-4-11(10)19-6-2-1-5-15/h3-4,7,12-13,17-18H,1-2,6,8,16H2. The molecule has 1 aromatic rings. The summed E-state index contributed by atoms with van der Waals surface area (Å²) in [4.78, 5) is 0. The lowest BCUT2D eigenvalue weighted by Gasteiger charge is -2.09. The summed E-state index contributed by atoms with van der Waals surface area (Å²) in [5.74, 6) is 0.808. The predicted molar refractivity (Wildman–Crippen MR) is 76.2 cm³/mol. The number of rotatable bonds is 7. The van der Waals surface area contributed by atoms with Gasteiger partial charge in [-0.3, -0.25) is 10.6 Å². The molecule has 19 heavy (non-hydrogen) atoms. The van der Waals surface area contributed by atoms with Crippen LogP contribution in [0.3, 0.4) is 0 Å². The molecule has 2 unspecified atom stereocenters. The van der Waals surface area contributed by atoms with E-state index < -0.39 is 0 Å². The average molecular weight is 325 g/mol. The van der Waals surface area contributed by atoms with Crippen molar-refractivity contribution in [1.29, 1.82) is 5.26 Å². The van der Waals surface area contributed by atoms with Crippen molar-refractivity contribution in [3.05, 3.63) is 28.2 Å². The van der Waals surface area contributed by atoms with Crippen molar-refractivity contribution in [2.24, 2.45) is 5.73 Å². The summed E-state index contributed by atoms with van der Waals surface area (Å²) >= 11 is 3.49. The molecule has 1 aromatic carbocycles. The van der Waals surface area contributed by atoms with E-state index in [9.17, 15) is 0 Å². The third-order valence-corrected chi connectivity index (χ3v) is 3.45. The summed E-state index contributed by atoms with van der Waals surface area (Å²) < 4.78 is 6.53. The number of hydrogen-bond donors (Lipinski definition) is 3. The van der Waals surface area contributed by atoms with E-state index in [1.54, 1.807) is 0 Å². The highest BCUT2D eigenvalue weighted by molar-refractivity contribution is 9.10. The molecule has 2 rings (SSSR count). The van der Waals surface area contributed by atoms with E-state index >= 15 is 0 Å². The Morgan fingerprint density at radius 1 is 1.53 bits per heavy atom. The Labute approximate surface area is 121 Å². The number of ether oxygens (including phenoxy) is 1. The van der Waals surface area contributed by atoms with E-state index in [4.69, 9.17) is 15.7 Å². The zero-order valence-electron chi connectivity index (χ0n) is 10.5. The van der Waals surface area contributed by atoms with Crippen LogP contribution in [0.1, 0.15) is 18.4 Å². The van der Waals surface area contributed by atoms with Gasteiger partial charge in [-0.15, -0.1) is 0 Å². The second kappa shape index (κ2) is 6.87. The first-order valence-corrected chi connectivity index (χ1v) is 7.03. The van der Waals surface area contributed by atoms with Gasteiger partial charge >= 0.3 is 0 Å². The second-order valence-corrected chi connectivity index (χ2v) is 5.28. The molecule has 102 valence electrons. The maximum atomic E-state index is 8.45. The maximum absolute atomic E-state index is 8.45. The molecule has 1 saturated heterocycles. The summed E-state index contributed by atoms with van der Waals surface area (Å²) in [5, 5.41) is 14.8. The number of nitriles is 1. The Morgan fingerprint density at radius 3 is 2.95 bits per heavy atom. The molecule has 6 heteroatoms. The lowest BCUT2D eigenvalue weighted by atomic mass is 10.2. The minimum absolute atomic E-state index is 0.0752. The number of halogens is 1. The van der Waals surface area contributed by atoms with Crippen molar-refractivity contribution in [3.63, 3.8) is 0 Å². The molecule has 0 bridgehead atoms. The minimum atomic E-state index is 0.0752. The van der Waals surface area contributed by atoms with Crippen molar-refractivity contribution >= 4 is 15.9 Å². The van der Waals surface area contributed by atoms with E-state index in [2.05, 4.69) is 32.6 Å². The number of nitrogens with two attached hydrogens (primary N) is 1. The summed E-state index contributed by atoms with van der Waals surface area (Å²) in [6.07, 6.45) is 1.57. The Hall–Kier alpha value is -1.13. The molecule has 0 amide bonds. The van der Waals surface area contributed by atoms with Crippen LogP contribution in [0, 0.1) is 11.3 Å². The molecular weight excluding hydrogens is 308 g/mol. The normalized spacial score (nSPS) is 20.9. The van der Waals surface area contributed by atoms with Crippen LogP contribution in [-0.4, -0.2) is 18.9 Å². The minimum Gasteiger partial charge on any atom is -0.492 e. The third-order valence-electron chi connectivity index (χ3n) is 2.83. The second-order valence-electron chi connectivity index (χ2n) is 4.43. The third kappa shape index (κ3) is 4.48. The van der Waals surface area contributed by atoms with E-state index in [-0.39, 0.29) is 12.3 Å². The van der Waals surface area contributed by atoms with Crippen LogP contribution in [0.25, 0.3) is 0 Å². The summed E-state index contributed by atoms with van der Waals surface area (Å²) in [7, 11) is 0. The average Bonchev–Trinajstić information content (AvgIpc) is 3.10. The van der Waals surface area contributed by atoms with Crippen molar-refractivity contribution in [1.82, 2.24) is 10.6 Å². The van der Waals surface area contributed by atoms with Crippen molar-refractivity contribution in [3.8, 4) is 11.8 Å². The van der Waals surface area contributed by atoms with Gasteiger partial charge in [0.05, 0.1) is 29.5 Å². The van der Waals surface area contributed by atoms with E-state index in [0.717, 1.165) is 28.8 Å². The molecule has 1 aliphatic rings. The quantitative estimate of drug-likeness (QED) is 0.521. The molecule has 5 nitrogen and oxygen atoms in total. The fourth-order valence-electron chi connectivity index (χ4n) is 1.67. The van der Waals surface area contributed by atoms with Crippen LogP contribution in [0.2, 0.25) is 0 Å². The topological polar surface area (TPSA) is 93.0 Å². The van der Waals surface area contributed by atoms with Gasteiger partial charge in [-0.25, -0.2) is 0 Å². The first kappa shape index (κ1) is 14.3. The smallest absolute Gasteiger partial charge is 0.133 e. The van der Waals surface area contributed by atoms with Crippen molar-refractivity contribution in [2.75, 3.05) is 6.61 Å². The zero-order chi connectivity index (χ0) is 13.7. The molecule has 0 saturated carbocycles. The molecule has 0 aromatic heterocycles. The monoisotopic (exact) mass is 324 g/mol. The molecule has 0 spiro atoms. The lowest BCUT2D eigenvalue weighted by molar-refractivity contribution is 0.310. The molecule has 1 aliphatic heterocycles. The van der Waals surface area contributed by atoms with Gasteiger partial charge in [0, 0.05) is 13.0 Å². The zero-order valence-corrected chi connectivity index (χ0v) is 12.1. The van der Waals surface area contributed by atoms with Gasteiger partial charge in [0.25, 0.3) is 0 Å². The van der Waals surface area contributed by atoms with Gasteiger partial charge in [-0.05, 0) is 40.0 Å². The number of nitrogens with one attached hydrogen (secondary N) is 2. The van der Waals surface area contributed by atoms with Gasteiger partial charge in [0.15, 0.2) is 0 Å². The Kier molecular flexibility index (Phi) is 5.16. The molecular formula is C13H17BrN4O. The van der Waals surface area contributed by atoms with Crippen LogP contribution in [0.15, 0.2) is 22.7 Å². The van der Waals surface area contributed by atoms with Crippen LogP contribution in [-0.2, 0) is 6.54 Å². The fraction of sp³-hybridized carbons (Fsp3) is 0.462. The largest absolute Gasteiger partial charge is 0.492 e. The highest BCUT2D eigenvalue weighted by Gasteiger charge is 2.31. The van der Waals surface area contributed by atoms with Gasteiger partial charge in [0.1, 0.15) is 5.75 Å². The van der Waals surface area contributed by atoms with Gasteiger partial charge in [-0.2, -0.15) is 5.26 Å². The highest BCUT2D eigenvalue weighted by atomic mass is 79.9. The Bertz CT molecular complexity index is 474. The molecule has 2 atom stereocenters. The van der Waals surface area contributed by atoms with Crippen LogP contribution in [0.5, 0.6) is 5.75 Å². The van der Waals surface area contributed by atoms with Crippen LogP contribution in [0.4, 0.5) is 0 Å². The van der Waals surface area contributed by atoms with Crippen molar-refractivity contribution in [2.45, 2.75) is 31.7 Å². The molecule has 0 radical (unpaired) electrons. The SMILES string of the molecule is N#CCCCOc1ccc(CNC2NC2N)cc1Br. The van der Waals surface area contributed by atoms with E-state index in [1.807, 2.05) is 18.2 Å². The number of hydrogen-bond acceptors (Lipinski definition) is 5. The Balaban J connectivity index is 1.80. The highest BCUT2D eigenvalue weighted by Crippen LogP contribution is 2.26. The molecule has 4 N–H and O–H groups in total. The summed E-state index contributed by atoms with van der Waals surface area (Å²) in [6.45, 7) is 1.32. The van der Waals surface area contributed by atoms with Gasteiger partial charge < -0.3 is 10.5 Å². The van der Waals surface area contributed by atoms with E-state index in [1.165, 1.54) is 0 Å². The summed E-state index contributed by atoms with van der Waals surface area (Å²) in [6, 6.07) is 8.08. The predicted octanol–water partition coefficient (Wildman–Crippen LogP) is 1.44. The van der Waals surface area contributed by atoms with Gasteiger partial charge in [0.2, 0.25) is 0 Å². The van der Waals surface area contributed by atoms with Crippen LogP contribution >= 0.6 is 15.9 Å². The number of unbranched alkanes of at least 4 members (excludes halogenated alkanes) is 1. The van der Waals surface area contributed by atoms with Crippen molar-refractivity contribution < 1.29 is 4.74 Å². The first-order chi connectivity index (χ1) is 9.20. The summed E-state index contributed by atoms with van der Waals surface area (Å²) in [5.41, 5.74) is 6.80. The Morgan fingerprint density at radius 2 is 2.32 bits per heavy atom. The van der Waals surface area contributed by atoms with Crippen LogP contribution < -0.4 is 21.1 Å². The molecule has 0 aliphatic carbocycles. The van der Waals surface area contributed by atoms with E-state index in [0.29, 0.717) is 13.0 Å². The number of nitrogens with zero attached hydrogens (tertiary/aromatic N) is 1. The molecule has 1 fully saturated rings. The molecule has 1 heterocycles. The number of benzene rings is 1. The first-order valence-electron chi connectivity index (χ1n) is 6.24. The lowest BCUT2D eigenvalue weighted by Crippen LogP contribution is -2.22. The maximum Gasteiger partial charge on any atom is 0.133 e. The van der Waals surface area contributed by atoms with Gasteiger partial charge in [-0.1, -0.05) is 6.07 Å². The fourth-order valence-corrected chi connectivity index (χ4v) is 2.21.